The lowest BCUT2D eigenvalue weighted by atomic mass is 10.1. The summed E-state index contributed by atoms with van der Waals surface area (Å²) in [6, 6.07) is 0.618. The molecule has 1 aromatic heterocycles. The van der Waals surface area contributed by atoms with Crippen molar-refractivity contribution >= 4 is 22.3 Å². The van der Waals surface area contributed by atoms with Crippen molar-refractivity contribution in [2.75, 3.05) is 0 Å². The summed E-state index contributed by atoms with van der Waals surface area (Å²) in [7, 11) is 0. The Morgan fingerprint density at radius 2 is 2.22 bits per heavy atom. The normalized spacial score (nSPS) is 13.1. The summed E-state index contributed by atoms with van der Waals surface area (Å²) >= 11 is 1.02. The van der Waals surface area contributed by atoms with Gasteiger partial charge in [-0.05, 0) is 32.8 Å². The van der Waals surface area contributed by atoms with Crippen LogP contribution in [0.5, 0.6) is 0 Å². The Labute approximate surface area is 109 Å². The first-order valence-corrected chi connectivity index (χ1v) is 6.27. The lowest BCUT2D eigenvalue weighted by Gasteiger charge is -2.21. The minimum atomic E-state index is -0.807. The van der Waals surface area contributed by atoms with Gasteiger partial charge in [0.25, 0.3) is 0 Å². The molecule has 0 amide bonds. The van der Waals surface area contributed by atoms with E-state index >= 15 is 0 Å². The third-order valence-electron chi connectivity index (χ3n) is 1.99. The predicted molar refractivity (Wildman–Crippen MR) is 68.5 cm³/mol. The third-order valence-corrected chi connectivity index (χ3v) is 2.91. The van der Waals surface area contributed by atoms with Gasteiger partial charge in [0, 0.05) is 11.4 Å². The van der Waals surface area contributed by atoms with Crippen LogP contribution < -0.4 is 5.73 Å². The van der Waals surface area contributed by atoms with Crippen molar-refractivity contribution in [3.63, 3.8) is 0 Å². The zero-order valence-corrected chi connectivity index (χ0v) is 11.3. The zero-order valence-electron chi connectivity index (χ0n) is 10.5. The third kappa shape index (κ3) is 4.42. The van der Waals surface area contributed by atoms with Crippen LogP contribution in [0.15, 0.2) is 11.4 Å². The van der Waals surface area contributed by atoms with Crippen LogP contribution in [0, 0.1) is 10.1 Å². The maximum Gasteiger partial charge on any atom is 0.324 e. The zero-order chi connectivity index (χ0) is 13.9. The average molecular weight is 272 g/mol. The van der Waals surface area contributed by atoms with Gasteiger partial charge in [0.1, 0.15) is 11.6 Å². The molecule has 0 bridgehead atoms. The minimum absolute atomic E-state index is 0.0430. The van der Waals surface area contributed by atoms with E-state index in [0.717, 1.165) is 11.3 Å². The number of nitrogens with two attached hydrogens (primary N) is 1. The Hall–Kier alpha value is -1.47. The molecule has 18 heavy (non-hydrogen) atoms. The number of ether oxygens (including phenoxy) is 1. The van der Waals surface area contributed by atoms with Gasteiger partial charge in [-0.15, -0.1) is 0 Å². The van der Waals surface area contributed by atoms with E-state index in [0.29, 0.717) is 5.56 Å². The van der Waals surface area contributed by atoms with E-state index in [2.05, 4.69) is 0 Å². The van der Waals surface area contributed by atoms with Crippen LogP contribution >= 0.6 is 11.3 Å². The number of esters is 1. The second-order valence-corrected chi connectivity index (χ2v) is 5.78. The minimum Gasteiger partial charge on any atom is -0.459 e. The van der Waals surface area contributed by atoms with Gasteiger partial charge < -0.3 is 10.5 Å². The van der Waals surface area contributed by atoms with E-state index in [1.807, 2.05) is 0 Å². The molecule has 1 heterocycles. The van der Waals surface area contributed by atoms with E-state index in [1.54, 1.807) is 26.2 Å². The van der Waals surface area contributed by atoms with E-state index in [-0.39, 0.29) is 11.4 Å². The molecule has 0 aromatic carbocycles. The second kappa shape index (κ2) is 5.45. The molecule has 0 radical (unpaired) electrons. The first-order valence-electron chi connectivity index (χ1n) is 5.39. The van der Waals surface area contributed by atoms with Gasteiger partial charge in [-0.3, -0.25) is 14.9 Å². The summed E-state index contributed by atoms with van der Waals surface area (Å²) in [6.45, 7) is 5.27. The highest BCUT2D eigenvalue weighted by molar-refractivity contribution is 7.13. The molecule has 0 spiro atoms. The van der Waals surface area contributed by atoms with Crippen LogP contribution in [0.2, 0.25) is 0 Å². The number of rotatable bonds is 4. The Morgan fingerprint density at radius 3 is 2.67 bits per heavy atom. The molecule has 1 rings (SSSR count). The van der Waals surface area contributed by atoms with Crippen molar-refractivity contribution in [1.29, 1.82) is 0 Å². The van der Waals surface area contributed by atoms with Gasteiger partial charge in [0.15, 0.2) is 0 Å². The molecule has 100 valence electrons. The van der Waals surface area contributed by atoms with Gasteiger partial charge in [-0.25, -0.2) is 0 Å². The second-order valence-electron chi connectivity index (χ2n) is 4.89. The van der Waals surface area contributed by atoms with Crippen molar-refractivity contribution in [2.24, 2.45) is 5.73 Å². The molecule has 2 N–H and O–H groups in total. The highest BCUT2D eigenvalue weighted by Crippen LogP contribution is 2.23. The van der Waals surface area contributed by atoms with Crippen LogP contribution in [0.3, 0.4) is 0 Å². The molecule has 0 aliphatic carbocycles. The lowest BCUT2D eigenvalue weighted by molar-refractivity contribution is -0.380. The molecule has 0 fully saturated rings. The molecule has 0 saturated carbocycles. The number of thiophene rings is 1. The van der Waals surface area contributed by atoms with Crippen molar-refractivity contribution in [2.45, 2.75) is 38.8 Å². The van der Waals surface area contributed by atoms with Gasteiger partial charge in [-0.2, -0.15) is 0 Å². The number of carbonyl (C=O) groups is 1. The highest BCUT2D eigenvalue weighted by Gasteiger charge is 2.23. The standard InChI is InChI=1S/C11H16N2O4S/c1-11(2,3)17-10(14)8(12)4-7-5-9(13(15)16)18-6-7/h5-6,8H,4,12H2,1-3H3. The van der Waals surface area contributed by atoms with Crippen LogP contribution in [-0.2, 0) is 16.0 Å². The van der Waals surface area contributed by atoms with Gasteiger partial charge in [0.05, 0.1) is 4.92 Å². The van der Waals surface area contributed by atoms with E-state index in [1.165, 1.54) is 6.07 Å². The molecule has 1 unspecified atom stereocenters. The number of hydrogen-bond donors (Lipinski definition) is 1. The number of hydrogen-bond acceptors (Lipinski definition) is 6. The van der Waals surface area contributed by atoms with Crippen LogP contribution in [0.4, 0.5) is 5.00 Å². The number of nitrogens with zero attached hydrogens (tertiary/aromatic N) is 1. The van der Waals surface area contributed by atoms with Crippen molar-refractivity contribution in [3.8, 4) is 0 Å². The maximum absolute atomic E-state index is 11.6. The fourth-order valence-corrected chi connectivity index (χ4v) is 2.02. The maximum atomic E-state index is 11.6. The molecule has 0 aliphatic rings. The van der Waals surface area contributed by atoms with Crippen molar-refractivity contribution in [3.05, 3.63) is 27.1 Å². The van der Waals surface area contributed by atoms with Gasteiger partial charge >= 0.3 is 11.0 Å². The fraction of sp³-hybridized carbons (Fsp3) is 0.545. The Kier molecular flexibility index (Phi) is 4.42. The largest absolute Gasteiger partial charge is 0.459 e. The molecule has 1 atom stereocenters. The first kappa shape index (κ1) is 14.6. The number of nitro groups is 1. The van der Waals surface area contributed by atoms with E-state index < -0.39 is 22.5 Å². The summed E-state index contributed by atoms with van der Waals surface area (Å²) < 4.78 is 5.13. The van der Waals surface area contributed by atoms with Crippen molar-refractivity contribution in [1.82, 2.24) is 0 Å². The Bertz CT molecular complexity index is 450. The average Bonchev–Trinajstić information content (AvgIpc) is 2.63. The summed E-state index contributed by atoms with van der Waals surface area (Å²) in [5.41, 5.74) is 5.79. The van der Waals surface area contributed by atoms with Crippen molar-refractivity contribution < 1.29 is 14.5 Å². The molecule has 7 heteroatoms. The quantitative estimate of drug-likeness (QED) is 0.513. The lowest BCUT2D eigenvalue weighted by Crippen LogP contribution is -2.38. The topological polar surface area (TPSA) is 95.5 Å². The SMILES string of the molecule is CC(C)(C)OC(=O)C(N)Cc1csc([N+](=O)[O-])c1. The van der Waals surface area contributed by atoms with Gasteiger partial charge in [0.2, 0.25) is 0 Å². The summed E-state index contributed by atoms with van der Waals surface area (Å²) in [6.07, 6.45) is 0.235. The molecule has 6 nitrogen and oxygen atoms in total. The number of carbonyl (C=O) groups excluding carboxylic acids is 1. The van der Waals surface area contributed by atoms with E-state index in [9.17, 15) is 14.9 Å². The summed E-state index contributed by atoms with van der Waals surface area (Å²) in [5, 5.41) is 12.2. The Balaban J connectivity index is 2.61. The van der Waals surface area contributed by atoms with Crippen LogP contribution in [0.1, 0.15) is 26.3 Å². The van der Waals surface area contributed by atoms with Crippen LogP contribution in [0.25, 0.3) is 0 Å². The molecule has 0 aliphatic heterocycles. The predicted octanol–water partition coefficient (Wildman–Crippen LogP) is 1.87. The first-order chi connectivity index (χ1) is 8.19. The summed E-state index contributed by atoms with van der Waals surface area (Å²) in [5.74, 6) is -0.503. The molecule has 1 aromatic rings. The summed E-state index contributed by atoms with van der Waals surface area (Å²) in [4.78, 5) is 21.7. The molecular formula is C11H16N2O4S. The monoisotopic (exact) mass is 272 g/mol. The highest BCUT2D eigenvalue weighted by atomic mass is 32.1. The smallest absolute Gasteiger partial charge is 0.324 e. The molecular weight excluding hydrogens is 256 g/mol. The molecule has 0 saturated heterocycles. The van der Waals surface area contributed by atoms with E-state index in [4.69, 9.17) is 10.5 Å². The fourth-order valence-electron chi connectivity index (χ4n) is 1.28. The van der Waals surface area contributed by atoms with Crippen LogP contribution in [-0.4, -0.2) is 22.5 Å². The van der Waals surface area contributed by atoms with Gasteiger partial charge in [-0.1, -0.05) is 11.3 Å². The Morgan fingerprint density at radius 1 is 1.61 bits per heavy atom.